The molecule has 0 saturated carbocycles. The lowest BCUT2D eigenvalue weighted by molar-refractivity contribution is -0.385. The van der Waals surface area contributed by atoms with Crippen LogP contribution in [0.4, 0.5) is 21.7 Å². The fourth-order valence-corrected chi connectivity index (χ4v) is 1.73. The standard InChI is InChI=1S/C12H12FN5O3/c1-2-14-9-5-7(10(18(20)21)6-8(9)13)11(19)17-12-15-3-4-16-12/h3-6,14H,2H2,1H3,(H2,15,16,17,19). The first-order chi connectivity index (χ1) is 10.0. The summed E-state index contributed by atoms with van der Waals surface area (Å²) in [6, 6.07) is 1.82. The van der Waals surface area contributed by atoms with Gasteiger partial charge in [0, 0.05) is 18.9 Å². The van der Waals surface area contributed by atoms with Crippen LogP contribution in [-0.2, 0) is 0 Å². The smallest absolute Gasteiger partial charge is 0.285 e. The number of aromatic amines is 1. The fourth-order valence-electron chi connectivity index (χ4n) is 1.73. The second-order valence-electron chi connectivity index (χ2n) is 4.03. The summed E-state index contributed by atoms with van der Waals surface area (Å²) in [5.74, 6) is -1.41. The molecule has 1 aromatic carbocycles. The molecule has 0 unspecified atom stereocenters. The number of halogens is 1. The van der Waals surface area contributed by atoms with Crippen molar-refractivity contribution in [2.24, 2.45) is 0 Å². The van der Waals surface area contributed by atoms with Crippen LogP contribution >= 0.6 is 0 Å². The predicted molar refractivity (Wildman–Crippen MR) is 73.8 cm³/mol. The molecule has 0 spiro atoms. The van der Waals surface area contributed by atoms with E-state index in [1.165, 1.54) is 12.4 Å². The molecule has 0 aliphatic rings. The van der Waals surface area contributed by atoms with E-state index in [1.54, 1.807) is 6.92 Å². The number of nitrogens with one attached hydrogen (secondary N) is 3. The van der Waals surface area contributed by atoms with Gasteiger partial charge in [-0.3, -0.25) is 20.2 Å². The molecule has 9 heteroatoms. The molecule has 0 radical (unpaired) electrons. The van der Waals surface area contributed by atoms with Crippen LogP contribution in [0.5, 0.6) is 0 Å². The fraction of sp³-hybridized carbons (Fsp3) is 0.167. The van der Waals surface area contributed by atoms with Crippen molar-refractivity contribution >= 4 is 23.2 Å². The highest BCUT2D eigenvalue weighted by atomic mass is 19.1. The summed E-state index contributed by atoms with van der Waals surface area (Å²) in [6.07, 6.45) is 2.90. The number of aromatic nitrogens is 2. The second kappa shape index (κ2) is 5.99. The number of nitro benzene ring substituents is 1. The van der Waals surface area contributed by atoms with Crippen molar-refractivity contribution in [1.29, 1.82) is 0 Å². The van der Waals surface area contributed by atoms with E-state index >= 15 is 0 Å². The zero-order valence-electron chi connectivity index (χ0n) is 11.0. The highest BCUT2D eigenvalue weighted by Crippen LogP contribution is 2.26. The Morgan fingerprint density at radius 1 is 1.52 bits per heavy atom. The number of benzene rings is 1. The van der Waals surface area contributed by atoms with Crippen molar-refractivity contribution in [2.45, 2.75) is 6.92 Å². The van der Waals surface area contributed by atoms with Gasteiger partial charge < -0.3 is 10.3 Å². The minimum absolute atomic E-state index is 0.0210. The van der Waals surface area contributed by atoms with Crippen LogP contribution in [0.25, 0.3) is 0 Å². The maximum Gasteiger partial charge on any atom is 0.285 e. The molecule has 2 rings (SSSR count). The highest BCUT2D eigenvalue weighted by Gasteiger charge is 2.24. The summed E-state index contributed by atoms with van der Waals surface area (Å²) in [6.45, 7) is 2.15. The molecule has 1 aromatic heterocycles. The molecule has 110 valence electrons. The van der Waals surface area contributed by atoms with Gasteiger partial charge in [0.15, 0.2) is 5.82 Å². The number of rotatable bonds is 5. The average molecular weight is 293 g/mol. The molecule has 0 aliphatic carbocycles. The maximum atomic E-state index is 13.7. The van der Waals surface area contributed by atoms with Crippen LogP contribution in [0.1, 0.15) is 17.3 Å². The molecule has 0 atom stereocenters. The Labute approximate surface area is 118 Å². The van der Waals surface area contributed by atoms with Crippen LogP contribution < -0.4 is 10.6 Å². The van der Waals surface area contributed by atoms with Gasteiger partial charge in [-0.15, -0.1) is 0 Å². The lowest BCUT2D eigenvalue weighted by atomic mass is 10.1. The minimum Gasteiger partial charge on any atom is -0.383 e. The summed E-state index contributed by atoms with van der Waals surface area (Å²) in [5.41, 5.74) is -0.848. The monoisotopic (exact) mass is 293 g/mol. The second-order valence-corrected chi connectivity index (χ2v) is 4.03. The maximum absolute atomic E-state index is 13.7. The van der Waals surface area contributed by atoms with Crippen molar-refractivity contribution < 1.29 is 14.1 Å². The Morgan fingerprint density at radius 3 is 2.86 bits per heavy atom. The Kier molecular flexibility index (Phi) is 4.12. The first-order valence-electron chi connectivity index (χ1n) is 6.05. The first kappa shape index (κ1) is 14.4. The third-order valence-electron chi connectivity index (χ3n) is 2.62. The zero-order valence-corrected chi connectivity index (χ0v) is 11.0. The van der Waals surface area contributed by atoms with Gasteiger partial charge >= 0.3 is 0 Å². The molecule has 1 amide bonds. The third-order valence-corrected chi connectivity index (χ3v) is 2.62. The Hall–Kier alpha value is -2.97. The molecule has 2 aromatic rings. The van der Waals surface area contributed by atoms with Gasteiger partial charge in [0.2, 0.25) is 5.95 Å². The van der Waals surface area contributed by atoms with Gasteiger partial charge in [-0.25, -0.2) is 9.37 Å². The Bertz CT molecular complexity index is 672. The van der Waals surface area contributed by atoms with E-state index in [1.807, 2.05) is 0 Å². The SMILES string of the molecule is CCNc1cc(C(=O)Nc2ncc[nH]2)c([N+](=O)[O-])cc1F. The number of nitrogens with zero attached hydrogens (tertiary/aromatic N) is 2. The van der Waals surface area contributed by atoms with E-state index in [0.29, 0.717) is 6.54 Å². The Balaban J connectivity index is 2.41. The molecule has 21 heavy (non-hydrogen) atoms. The number of carbonyl (C=O) groups is 1. The summed E-state index contributed by atoms with van der Waals surface area (Å²) < 4.78 is 13.7. The largest absolute Gasteiger partial charge is 0.383 e. The number of H-pyrrole nitrogens is 1. The van der Waals surface area contributed by atoms with Crippen molar-refractivity contribution in [3.8, 4) is 0 Å². The van der Waals surface area contributed by atoms with Gasteiger partial charge in [-0.05, 0) is 13.0 Å². The lowest BCUT2D eigenvalue weighted by Gasteiger charge is -2.08. The van der Waals surface area contributed by atoms with Crippen LogP contribution in [0.3, 0.4) is 0 Å². The van der Waals surface area contributed by atoms with Gasteiger partial charge in [0.25, 0.3) is 11.6 Å². The van der Waals surface area contributed by atoms with E-state index < -0.39 is 22.3 Å². The van der Waals surface area contributed by atoms with Gasteiger partial charge in [0.1, 0.15) is 5.56 Å². The number of nitro groups is 1. The van der Waals surface area contributed by atoms with Crippen molar-refractivity contribution in [3.63, 3.8) is 0 Å². The molecule has 1 heterocycles. The summed E-state index contributed by atoms with van der Waals surface area (Å²) >= 11 is 0. The van der Waals surface area contributed by atoms with Crippen molar-refractivity contribution in [3.05, 3.63) is 46.0 Å². The van der Waals surface area contributed by atoms with Crippen molar-refractivity contribution in [2.75, 3.05) is 17.2 Å². The quantitative estimate of drug-likeness (QED) is 0.577. The van der Waals surface area contributed by atoms with Crippen LogP contribution in [0, 0.1) is 15.9 Å². The lowest BCUT2D eigenvalue weighted by Crippen LogP contribution is -2.16. The highest BCUT2D eigenvalue weighted by molar-refractivity contribution is 6.06. The van der Waals surface area contributed by atoms with E-state index in [-0.39, 0.29) is 17.2 Å². The average Bonchev–Trinajstić information content (AvgIpc) is 2.93. The first-order valence-corrected chi connectivity index (χ1v) is 6.05. The molecule has 0 bridgehead atoms. The number of amides is 1. The van der Waals surface area contributed by atoms with Gasteiger partial charge in [-0.2, -0.15) is 0 Å². The van der Waals surface area contributed by atoms with Crippen LogP contribution in [0.15, 0.2) is 24.5 Å². The number of imidazole rings is 1. The zero-order chi connectivity index (χ0) is 15.4. The molecule has 0 aliphatic heterocycles. The normalized spacial score (nSPS) is 10.2. The molecule has 0 fully saturated rings. The third kappa shape index (κ3) is 3.14. The Morgan fingerprint density at radius 2 is 2.29 bits per heavy atom. The number of hydrogen-bond donors (Lipinski definition) is 3. The van der Waals surface area contributed by atoms with E-state index in [4.69, 9.17) is 0 Å². The van der Waals surface area contributed by atoms with Crippen LogP contribution in [-0.4, -0.2) is 27.3 Å². The topological polar surface area (TPSA) is 113 Å². The summed E-state index contributed by atoms with van der Waals surface area (Å²) in [4.78, 5) is 28.7. The predicted octanol–water partition coefficient (Wildman–Crippen LogP) is 2.14. The molecule has 0 saturated heterocycles. The van der Waals surface area contributed by atoms with Crippen LogP contribution in [0.2, 0.25) is 0 Å². The summed E-state index contributed by atoms with van der Waals surface area (Å²) in [7, 11) is 0. The summed E-state index contributed by atoms with van der Waals surface area (Å²) in [5, 5.41) is 16.0. The molecular weight excluding hydrogens is 281 g/mol. The van der Waals surface area contributed by atoms with E-state index in [0.717, 1.165) is 12.1 Å². The van der Waals surface area contributed by atoms with Gasteiger partial charge in [0.05, 0.1) is 16.7 Å². The van der Waals surface area contributed by atoms with E-state index in [9.17, 15) is 19.3 Å². The number of carbonyl (C=O) groups excluding carboxylic acids is 1. The van der Waals surface area contributed by atoms with E-state index in [2.05, 4.69) is 20.6 Å². The molecular formula is C12H12FN5O3. The molecule has 3 N–H and O–H groups in total. The number of anilines is 2. The molecule has 8 nitrogen and oxygen atoms in total. The number of hydrogen-bond acceptors (Lipinski definition) is 5. The minimum atomic E-state index is -0.810. The van der Waals surface area contributed by atoms with Gasteiger partial charge in [-0.1, -0.05) is 0 Å². The van der Waals surface area contributed by atoms with Crippen molar-refractivity contribution in [1.82, 2.24) is 9.97 Å².